The smallest absolute Gasteiger partial charge is 0.306 e. The van der Waals surface area contributed by atoms with Crippen LogP contribution in [0.25, 0.3) is 0 Å². The quantitative estimate of drug-likeness (QED) is 0.774. The summed E-state index contributed by atoms with van der Waals surface area (Å²) in [6, 6.07) is 5.85. The summed E-state index contributed by atoms with van der Waals surface area (Å²) in [6.45, 7) is 1.65. The van der Waals surface area contributed by atoms with E-state index in [9.17, 15) is 13.4 Å². The highest BCUT2D eigenvalue weighted by Gasteiger charge is 2.17. The molecule has 0 saturated heterocycles. The highest BCUT2D eigenvalue weighted by atomic mass is 32.2. The molecule has 2 unspecified atom stereocenters. The van der Waals surface area contributed by atoms with Gasteiger partial charge in [0.15, 0.2) is 0 Å². The molecule has 4 nitrogen and oxygen atoms in total. The molecular formula is C13H14FNO3S. The molecule has 1 aromatic carbocycles. The molecule has 1 aromatic rings. The number of hydrogen-bond acceptors (Lipinski definition) is 4. The van der Waals surface area contributed by atoms with Gasteiger partial charge in [-0.2, -0.15) is 5.26 Å². The van der Waals surface area contributed by atoms with Crippen molar-refractivity contribution in [3.8, 4) is 6.07 Å². The zero-order valence-electron chi connectivity index (χ0n) is 10.7. The van der Waals surface area contributed by atoms with Crippen LogP contribution in [-0.4, -0.2) is 22.5 Å². The molecule has 0 heterocycles. The zero-order chi connectivity index (χ0) is 14.4. The fourth-order valence-electron chi connectivity index (χ4n) is 1.44. The van der Waals surface area contributed by atoms with Crippen LogP contribution >= 0.6 is 0 Å². The number of benzene rings is 1. The highest BCUT2D eigenvalue weighted by Crippen LogP contribution is 2.15. The van der Waals surface area contributed by atoms with Crippen LogP contribution in [0.3, 0.4) is 0 Å². The molecule has 6 heteroatoms. The van der Waals surface area contributed by atoms with E-state index >= 15 is 0 Å². The Hall–Kier alpha value is -1.74. The molecule has 0 amide bonds. The predicted molar refractivity (Wildman–Crippen MR) is 69.1 cm³/mol. The molecule has 0 fully saturated rings. The molecular weight excluding hydrogens is 269 g/mol. The van der Waals surface area contributed by atoms with E-state index in [0.717, 1.165) is 6.07 Å². The van der Waals surface area contributed by atoms with Crippen LogP contribution in [0, 0.1) is 17.1 Å². The lowest BCUT2D eigenvalue weighted by atomic mass is 10.1. The molecule has 0 aliphatic carbocycles. The van der Waals surface area contributed by atoms with Crippen molar-refractivity contribution in [2.24, 2.45) is 0 Å². The van der Waals surface area contributed by atoms with Gasteiger partial charge in [0.2, 0.25) is 0 Å². The van der Waals surface area contributed by atoms with Crippen LogP contribution in [0.4, 0.5) is 4.39 Å². The SMILES string of the molecule is COC(=O)CC(C)S(=O)Cc1ccc(C#N)cc1F. The third-order valence-electron chi connectivity index (χ3n) is 2.61. The van der Waals surface area contributed by atoms with Crippen LogP contribution in [-0.2, 0) is 26.1 Å². The summed E-state index contributed by atoms with van der Waals surface area (Å²) in [6.07, 6.45) is 0.0288. The average molecular weight is 283 g/mol. The van der Waals surface area contributed by atoms with Gasteiger partial charge in [-0.05, 0) is 12.1 Å². The number of esters is 1. The first-order valence-electron chi connectivity index (χ1n) is 5.60. The molecule has 0 spiro atoms. The molecule has 2 atom stereocenters. The number of rotatable bonds is 5. The molecule has 102 valence electrons. The van der Waals surface area contributed by atoms with E-state index in [1.54, 1.807) is 6.92 Å². The predicted octanol–water partition coefficient (Wildman–Crippen LogP) is 1.90. The standard InChI is InChI=1S/C13H14FNO3S/c1-9(5-13(16)18-2)19(17)8-11-4-3-10(7-15)6-12(11)14/h3-4,6,9H,5,8H2,1-2H3. The third-order valence-corrected chi connectivity index (χ3v) is 4.27. The fraction of sp³-hybridized carbons (Fsp3) is 0.385. The first-order chi connectivity index (χ1) is 8.97. The van der Waals surface area contributed by atoms with Crippen molar-refractivity contribution < 1.29 is 18.1 Å². The van der Waals surface area contributed by atoms with Crippen LogP contribution in [0.15, 0.2) is 18.2 Å². The number of methoxy groups -OCH3 is 1. The summed E-state index contributed by atoms with van der Waals surface area (Å²) in [5, 5.41) is 8.21. The maximum atomic E-state index is 13.6. The van der Waals surface area contributed by atoms with Crippen molar-refractivity contribution in [3.05, 3.63) is 35.1 Å². The molecule has 0 saturated carbocycles. The fourth-order valence-corrected chi connectivity index (χ4v) is 2.59. The monoisotopic (exact) mass is 283 g/mol. The van der Waals surface area contributed by atoms with Crippen molar-refractivity contribution in [2.75, 3.05) is 7.11 Å². The van der Waals surface area contributed by atoms with Gasteiger partial charge >= 0.3 is 5.97 Å². The van der Waals surface area contributed by atoms with Gasteiger partial charge < -0.3 is 4.74 Å². The molecule has 0 aliphatic rings. The Morgan fingerprint density at radius 1 is 1.58 bits per heavy atom. The van der Waals surface area contributed by atoms with Crippen molar-refractivity contribution in [1.82, 2.24) is 0 Å². The minimum atomic E-state index is -1.38. The Labute approximate surface area is 113 Å². The van der Waals surface area contributed by atoms with E-state index in [4.69, 9.17) is 5.26 Å². The highest BCUT2D eigenvalue weighted by molar-refractivity contribution is 7.84. The summed E-state index contributed by atoms with van der Waals surface area (Å²) in [4.78, 5) is 11.1. The number of hydrogen-bond donors (Lipinski definition) is 0. The van der Waals surface area contributed by atoms with Gasteiger partial charge in [0.25, 0.3) is 0 Å². The van der Waals surface area contributed by atoms with Crippen molar-refractivity contribution in [1.29, 1.82) is 5.26 Å². The lowest BCUT2D eigenvalue weighted by Crippen LogP contribution is -2.18. The van der Waals surface area contributed by atoms with Crippen LogP contribution < -0.4 is 0 Å². The van der Waals surface area contributed by atoms with Crippen molar-refractivity contribution in [3.63, 3.8) is 0 Å². The number of ether oxygens (including phenoxy) is 1. The first kappa shape index (κ1) is 15.3. The Bertz CT molecular complexity index is 539. The Kier molecular flexibility index (Phi) is 5.64. The number of carbonyl (C=O) groups is 1. The molecule has 1 rings (SSSR count). The largest absolute Gasteiger partial charge is 0.469 e. The summed E-state index contributed by atoms with van der Waals surface area (Å²) < 4.78 is 30.0. The van der Waals surface area contributed by atoms with E-state index in [2.05, 4.69) is 4.74 Å². The normalized spacial score (nSPS) is 13.4. The van der Waals surface area contributed by atoms with Crippen molar-refractivity contribution in [2.45, 2.75) is 24.3 Å². The topological polar surface area (TPSA) is 67.2 Å². The van der Waals surface area contributed by atoms with Gasteiger partial charge in [0.05, 0.1) is 30.9 Å². The number of halogens is 1. The van der Waals surface area contributed by atoms with Crippen LogP contribution in [0.2, 0.25) is 0 Å². The molecule has 0 N–H and O–H groups in total. The van der Waals surface area contributed by atoms with E-state index in [-0.39, 0.29) is 23.3 Å². The molecule has 0 aliphatic heterocycles. The van der Waals surface area contributed by atoms with Gasteiger partial charge in [-0.25, -0.2) is 4.39 Å². The molecule has 0 bridgehead atoms. The molecule has 19 heavy (non-hydrogen) atoms. The van der Waals surface area contributed by atoms with Gasteiger partial charge in [-0.1, -0.05) is 13.0 Å². The van der Waals surface area contributed by atoms with E-state index in [0.29, 0.717) is 0 Å². The zero-order valence-corrected chi connectivity index (χ0v) is 11.5. The Balaban J connectivity index is 2.72. The van der Waals surface area contributed by atoms with Gasteiger partial charge in [-0.3, -0.25) is 9.00 Å². The maximum Gasteiger partial charge on any atom is 0.306 e. The minimum absolute atomic E-state index is 0.00963. The average Bonchev–Trinajstić information content (AvgIpc) is 2.40. The van der Waals surface area contributed by atoms with E-state index in [1.165, 1.54) is 19.2 Å². The van der Waals surface area contributed by atoms with Gasteiger partial charge in [0, 0.05) is 21.6 Å². The van der Waals surface area contributed by atoms with Crippen LogP contribution in [0.1, 0.15) is 24.5 Å². The second kappa shape index (κ2) is 7.00. The molecule has 0 aromatic heterocycles. The number of nitrogens with zero attached hydrogens (tertiary/aromatic N) is 1. The number of nitriles is 1. The first-order valence-corrected chi connectivity index (χ1v) is 6.98. The Morgan fingerprint density at radius 2 is 2.26 bits per heavy atom. The van der Waals surface area contributed by atoms with Gasteiger partial charge in [-0.15, -0.1) is 0 Å². The minimum Gasteiger partial charge on any atom is -0.469 e. The van der Waals surface area contributed by atoms with E-state index in [1.807, 2.05) is 6.07 Å². The molecule has 0 radical (unpaired) electrons. The van der Waals surface area contributed by atoms with Crippen LogP contribution in [0.5, 0.6) is 0 Å². The van der Waals surface area contributed by atoms with E-state index < -0.39 is 27.8 Å². The maximum absolute atomic E-state index is 13.6. The summed E-state index contributed by atoms with van der Waals surface area (Å²) in [5.41, 5.74) is 0.490. The summed E-state index contributed by atoms with van der Waals surface area (Å²) in [7, 11) is -0.118. The summed E-state index contributed by atoms with van der Waals surface area (Å²) in [5.74, 6) is -0.991. The third kappa shape index (κ3) is 4.45. The Morgan fingerprint density at radius 3 is 2.79 bits per heavy atom. The summed E-state index contributed by atoms with van der Waals surface area (Å²) >= 11 is 0. The number of carbonyl (C=O) groups excluding carboxylic acids is 1. The second-order valence-electron chi connectivity index (χ2n) is 4.03. The lowest BCUT2D eigenvalue weighted by molar-refractivity contribution is -0.140. The van der Waals surface area contributed by atoms with Crippen molar-refractivity contribution >= 4 is 16.8 Å². The lowest BCUT2D eigenvalue weighted by Gasteiger charge is -2.10. The van der Waals surface area contributed by atoms with Gasteiger partial charge in [0.1, 0.15) is 5.82 Å². The second-order valence-corrected chi connectivity index (χ2v) is 5.89.